The molecule has 0 atom stereocenters. The fraction of sp³-hybridized carbons (Fsp3) is 0. The van der Waals surface area contributed by atoms with E-state index in [0.29, 0.717) is 11.1 Å². The number of aromatic carboxylic acids is 2. The van der Waals surface area contributed by atoms with Gasteiger partial charge in [-0.2, -0.15) is 0 Å². The number of carboxylic acids is 2. The Bertz CT molecular complexity index is 567. The summed E-state index contributed by atoms with van der Waals surface area (Å²) in [5.41, 5.74) is 0.989. The summed E-state index contributed by atoms with van der Waals surface area (Å²) in [6.45, 7) is 0. The van der Waals surface area contributed by atoms with Gasteiger partial charge in [0.25, 0.3) is 0 Å². The van der Waals surface area contributed by atoms with Gasteiger partial charge in [-0.1, -0.05) is 36.4 Å². The molecule has 2 rings (SSSR count). The van der Waals surface area contributed by atoms with E-state index in [1.165, 1.54) is 12.1 Å². The summed E-state index contributed by atoms with van der Waals surface area (Å²) in [4.78, 5) is 22.3. The standard InChI is InChI=1S/C14H10O4.K.H/c15-13(16)11-7-3-1-5-9(11)10-6-2-4-8-12(10)14(17)18;;/h1-8H,(H,15,16)(H,17,18);;. The van der Waals surface area contributed by atoms with E-state index in [2.05, 4.69) is 0 Å². The first-order valence-corrected chi connectivity index (χ1v) is 5.26. The normalized spacial score (nSPS) is 9.47. The summed E-state index contributed by atoms with van der Waals surface area (Å²) < 4.78 is 0. The number of rotatable bonds is 3. The van der Waals surface area contributed by atoms with Gasteiger partial charge in [0.15, 0.2) is 0 Å². The molecular weight excluding hydrogens is 271 g/mol. The molecule has 0 aliphatic heterocycles. The third kappa shape index (κ3) is 3.52. The van der Waals surface area contributed by atoms with Gasteiger partial charge in [-0.05, 0) is 23.3 Å². The van der Waals surface area contributed by atoms with Crippen molar-refractivity contribution in [3.8, 4) is 11.1 Å². The maximum absolute atomic E-state index is 11.1. The van der Waals surface area contributed by atoms with Crippen LogP contribution in [0.4, 0.5) is 0 Å². The summed E-state index contributed by atoms with van der Waals surface area (Å²) in [6.07, 6.45) is 0. The van der Waals surface area contributed by atoms with E-state index in [4.69, 9.17) is 10.2 Å². The summed E-state index contributed by atoms with van der Waals surface area (Å²) >= 11 is 0. The molecule has 0 spiro atoms. The van der Waals surface area contributed by atoms with E-state index >= 15 is 0 Å². The van der Waals surface area contributed by atoms with Crippen molar-refractivity contribution in [3.05, 3.63) is 59.7 Å². The van der Waals surface area contributed by atoms with Crippen LogP contribution >= 0.6 is 0 Å². The summed E-state index contributed by atoms with van der Waals surface area (Å²) in [5, 5.41) is 18.2. The van der Waals surface area contributed by atoms with Gasteiger partial charge in [-0.15, -0.1) is 0 Å². The van der Waals surface area contributed by atoms with Crippen molar-refractivity contribution in [1.82, 2.24) is 0 Å². The molecule has 0 saturated carbocycles. The molecular formula is C14H11KO4. The van der Waals surface area contributed by atoms with E-state index in [1.807, 2.05) is 0 Å². The first kappa shape index (κ1) is 16.1. The topological polar surface area (TPSA) is 74.6 Å². The fourth-order valence-corrected chi connectivity index (χ4v) is 1.81. The number of benzene rings is 2. The van der Waals surface area contributed by atoms with Gasteiger partial charge in [-0.25, -0.2) is 9.59 Å². The monoisotopic (exact) mass is 282 g/mol. The Balaban J connectivity index is 0.00000180. The van der Waals surface area contributed by atoms with Crippen LogP contribution in [0.25, 0.3) is 11.1 Å². The molecule has 0 unspecified atom stereocenters. The van der Waals surface area contributed by atoms with Crippen molar-refractivity contribution in [2.24, 2.45) is 0 Å². The Labute approximate surface area is 152 Å². The van der Waals surface area contributed by atoms with Gasteiger partial charge in [0.05, 0.1) is 11.1 Å². The first-order chi connectivity index (χ1) is 8.61. The molecule has 2 aromatic rings. The van der Waals surface area contributed by atoms with Crippen LogP contribution in [0.15, 0.2) is 48.5 Å². The number of carbonyl (C=O) groups is 2. The first-order valence-electron chi connectivity index (χ1n) is 5.26. The van der Waals surface area contributed by atoms with Crippen LogP contribution in [0.1, 0.15) is 20.7 Å². The van der Waals surface area contributed by atoms with Crippen molar-refractivity contribution in [2.75, 3.05) is 0 Å². The number of hydrogen-bond acceptors (Lipinski definition) is 2. The van der Waals surface area contributed by atoms with E-state index in [1.54, 1.807) is 36.4 Å². The zero-order valence-corrected chi connectivity index (χ0v) is 9.33. The number of hydrogen-bond donors (Lipinski definition) is 2. The average molecular weight is 282 g/mol. The molecule has 0 saturated heterocycles. The van der Waals surface area contributed by atoms with Crippen LogP contribution in [0.3, 0.4) is 0 Å². The van der Waals surface area contributed by atoms with Gasteiger partial charge in [0.1, 0.15) is 0 Å². The Morgan fingerprint density at radius 3 is 1.32 bits per heavy atom. The molecule has 0 fully saturated rings. The molecule has 2 aromatic carbocycles. The average Bonchev–Trinajstić information content (AvgIpc) is 2.38. The molecule has 92 valence electrons. The Kier molecular flexibility index (Phi) is 5.90. The minimum atomic E-state index is -1.08. The van der Waals surface area contributed by atoms with Crippen LogP contribution in [-0.2, 0) is 0 Å². The second-order valence-electron chi connectivity index (χ2n) is 3.70. The van der Waals surface area contributed by atoms with E-state index in [9.17, 15) is 9.59 Å². The molecule has 4 nitrogen and oxygen atoms in total. The molecule has 2 N–H and O–H groups in total. The van der Waals surface area contributed by atoms with Crippen LogP contribution in [0.5, 0.6) is 0 Å². The predicted octanol–water partition coefficient (Wildman–Crippen LogP) is 2.10. The Morgan fingerprint density at radius 2 is 1.00 bits per heavy atom. The second kappa shape index (κ2) is 6.98. The predicted molar refractivity (Wildman–Crippen MR) is 72.9 cm³/mol. The van der Waals surface area contributed by atoms with Gasteiger partial charge < -0.3 is 10.2 Å². The maximum atomic E-state index is 11.1. The molecule has 0 amide bonds. The fourth-order valence-electron chi connectivity index (χ4n) is 1.81. The summed E-state index contributed by atoms with van der Waals surface area (Å²) in [5.74, 6) is -2.16. The molecule has 19 heavy (non-hydrogen) atoms. The molecule has 5 heteroatoms. The van der Waals surface area contributed by atoms with Gasteiger partial charge in [0, 0.05) is 0 Å². The summed E-state index contributed by atoms with van der Waals surface area (Å²) in [7, 11) is 0. The molecule has 0 heterocycles. The van der Waals surface area contributed by atoms with Crippen LogP contribution in [0.2, 0.25) is 0 Å². The van der Waals surface area contributed by atoms with Gasteiger partial charge >= 0.3 is 63.3 Å². The zero-order chi connectivity index (χ0) is 13.1. The summed E-state index contributed by atoms with van der Waals surface area (Å²) in [6, 6.07) is 12.7. The van der Waals surface area contributed by atoms with Crippen molar-refractivity contribution >= 4 is 63.3 Å². The third-order valence-corrected chi connectivity index (χ3v) is 2.61. The van der Waals surface area contributed by atoms with E-state index < -0.39 is 11.9 Å². The van der Waals surface area contributed by atoms with Crippen molar-refractivity contribution < 1.29 is 19.8 Å². The van der Waals surface area contributed by atoms with Gasteiger partial charge in [-0.3, -0.25) is 0 Å². The zero-order valence-electron chi connectivity index (χ0n) is 9.33. The van der Waals surface area contributed by atoms with Crippen LogP contribution < -0.4 is 0 Å². The Morgan fingerprint density at radius 1 is 0.684 bits per heavy atom. The Hall–Kier alpha value is -0.984. The van der Waals surface area contributed by atoms with E-state index in [0.717, 1.165) is 0 Å². The van der Waals surface area contributed by atoms with Crippen molar-refractivity contribution in [2.45, 2.75) is 0 Å². The molecule has 0 aliphatic rings. The quantitative estimate of drug-likeness (QED) is 0.845. The van der Waals surface area contributed by atoms with Crippen molar-refractivity contribution in [3.63, 3.8) is 0 Å². The molecule has 0 radical (unpaired) electrons. The minimum absolute atomic E-state index is 0. The van der Waals surface area contributed by atoms with Crippen LogP contribution in [0, 0.1) is 0 Å². The van der Waals surface area contributed by atoms with Gasteiger partial charge in [0.2, 0.25) is 0 Å². The molecule has 0 aromatic heterocycles. The third-order valence-electron chi connectivity index (χ3n) is 2.61. The SMILES string of the molecule is O=C(O)c1ccccc1-c1ccccc1C(=O)O.[KH]. The van der Waals surface area contributed by atoms with Crippen LogP contribution in [-0.4, -0.2) is 73.5 Å². The second-order valence-corrected chi connectivity index (χ2v) is 3.70. The van der Waals surface area contributed by atoms with Crippen molar-refractivity contribution in [1.29, 1.82) is 0 Å². The van der Waals surface area contributed by atoms with E-state index in [-0.39, 0.29) is 62.5 Å². The number of carboxylic acid groups (broad SMARTS) is 2. The molecule has 0 aliphatic carbocycles. The molecule has 0 bridgehead atoms.